The first-order chi connectivity index (χ1) is 9.37. The molecule has 0 spiro atoms. The van der Waals surface area contributed by atoms with E-state index in [-0.39, 0.29) is 41.4 Å². The Morgan fingerprint density at radius 3 is 2.90 bits per heavy atom. The maximum absolute atomic E-state index is 13.3. The van der Waals surface area contributed by atoms with Crippen molar-refractivity contribution in [2.45, 2.75) is 10.9 Å². The van der Waals surface area contributed by atoms with E-state index in [4.69, 9.17) is 10.5 Å². The molecule has 1 unspecified atom stereocenters. The second-order valence-corrected chi connectivity index (χ2v) is 7.04. The van der Waals surface area contributed by atoms with Gasteiger partial charge in [-0.1, -0.05) is 0 Å². The third-order valence-electron chi connectivity index (χ3n) is 3.02. The van der Waals surface area contributed by atoms with Gasteiger partial charge in [-0.2, -0.15) is 4.31 Å². The van der Waals surface area contributed by atoms with E-state index in [0.29, 0.717) is 0 Å². The predicted molar refractivity (Wildman–Crippen MR) is 74.1 cm³/mol. The number of sulfonamides is 1. The number of halogens is 2. The first-order valence-electron chi connectivity index (χ1n) is 5.83. The van der Waals surface area contributed by atoms with Gasteiger partial charge in [-0.3, -0.25) is 0 Å². The summed E-state index contributed by atoms with van der Waals surface area (Å²) >= 11 is 3.03. The molecule has 1 aromatic carbocycles. The number of morpholine rings is 1. The summed E-state index contributed by atoms with van der Waals surface area (Å²) in [6, 6.07) is 1.42. The standard InChI is InChI=1S/C11H14BrFN2O4S/c12-8-3-9(13)10(14)4-11(8)20(17,18)15-1-2-19-6-7(15)5-16/h3-4,7,16H,1-2,5-6,14H2. The van der Waals surface area contributed by atoms with Gasteiger partial charge >= 0.3 is 0 Å². The third kappa shape index (κ3) is 2.82. The number of rotatable bonds is 3. The van der Waals surface area contributed by atoms with E-state index in [1.165, 1.54) is 0 Å². The Balaban J connectivity index is 2.46. The zero-order valence-electron chi connectivity index (χ0n) is 10.4. The molecule has 20 heavy (non-hydrogen) atoms. The number of benzene rings is 1. The Kier molecular flexibility index (Phi) is 4.65. The summed E-state index contributed by atoms with van der Waals surface area (Å²) < 4.78 is 44.9. The quantitative estimate of drug-likeness (QED) is 0.760. The fourth-order valence-electron chi connectivity index (χ4n) is 1.97. The number of hydrogen-bond acceptors (Lipinski definition) is 5. The van der Waals surface area contributed by atoms with Crippen LogP contribution in [-0.4, -0.2) is 50.2 Å². The van der Waals surface area contributed by atoms with Gasteiger partial charge in [0.05, 0.1) is 36.4 Å². The van der Waals surface area contributed by atoms with Crippen LogP contribution in [-0.2, 0) is 14.8 Å². The molecule has 1 atom stereocenters. The number of ether oxygens (including phenoxy) is 1. The lowest BCUT2D eigenvalue weighted by Gasteiger charge is -2.33. The van der Waals surface area contributed by atoms with Crippen LogP contribution in [0.1, 0.15) is 0 Å². The second-order valence-electron chi connectivity index (χ2n) is 4.33. The second kappa shape index (κ2) is 5.94. The summed E-state index contributed by atoms with van der Waals surface area (Å²) in [5, 5.41) is 9.26. The van der Waals surface area contributed by atoms with Gasteiger partial charge < -0.3 is 15.6 Å². The van der Waals surface area contributed by atoms with E-state index in [1.54, 1.807) is 0 Å². The van der Waals surface area contributed by atoms with Crippen LogP contribution in [0.5, 0.6) is 0 Å². The average Bonchev–Trinajstić information content (AvgIpc) is 2.42. The molecule has 0 saturated carbocycles. The molecule has 0 amide bonds. The van der Waals surface area contributed by atoms with Crippen molar-refractivity contribution in [1.29, 1.82) is 0 Å². The molecule has 1 aromatic rings. The summed E-state index contributed by atoms with van der Waals surface area (Å²) in [4.78, 5) is -0.128. The number of anilines is 1. The Labute approximate surface area is 124 Å². The lowest BCUT2D eigenvalue weighted by atomic mass is 10.3. The minimum atomic E-state index is -3.89. The molecular formula is C11H14BrFN2O4S. The number of nitrogens with two attached hydrogens (primary N) is 1. The summed E-state index contributed by atoms with van der Waals surface area (Å²) in [6.45, 7) is 0.124. The van der Waals surface area contributed by atoms with Crippen LogP contribution in [0.3, 0.4) is 0 Å². The highest BCUT2D eigenvalue weighted by Crippen LogP contribution is 2.30. The lowest BCUT2D eigenvalue weighted by Crippen LogP contribution is -2.50. The Bertz CT molecular complexity index is 611. The zero-order valence-corrected chi connectivity index (χ0v) is 12.8. The molecule has 1 heterocycles. The minimum Gasteiger partial charge on any atom is -0.396 e. The van der Waals surface area contributed by atoms with Crippen molar-refractivity contribution in [2.75, 3.05) is 32.1 Å². The van der Waals surface area contributed by atoms with Crippen LogP contribution in [0, 0.1) is 5.82 Å². The fraction of sp³-hybridized carbons (Fsp3) is 0.455. The van der Waals surface area contributed by atoms with Gasteiger partial charge in [-0.25, -0.2) is 12.8 Å². The first kappa shape index (κ1) is 15.6. The lowest BCUT2D eigenvalue weighted by molar-refractivity contribution is 0.0109. The van der Waals surface area contributed by atoms with E-state index in [9.17, 15) is 17.9 Å². The Morgan fingerprint density at radius 1 is 1.55 bits per heavy atom. The zero-order chi connectivity index (χ0) is 14.9. The molecule has 3 N–H and O–H groups in total. The maximum atomic E-state index is 13.3. The van der Waals surface area contributed by atoms with Crippen molar-refractivity contribution < 1.29 is 22.7 Å². The number of aliphatic hydroxyl groups excluding tert-OH is 1. The molecule has 0 bridgehead atoms. The van der Waals surface area contributed by atoms with E-state index in [2.05, 4.69) is 15.9 Å². The van der Waals surface area contributed by atoms with Crippen LogP contribution in [0.15, 0.2) is 21.5 Å². The van der Waals surface area contributed by atoms with Gasteiger partial charge in [-0.05, 0) is 28.1 Å². The molecule has 1 aliphatic rings. The van der Waals surface area contributed by atoms with Crippen molar-refractivity contribution in [1.82, 2.24) is 4.31 Å². The number of nitrogen functional groups attached to an aromatic ring is 1. The van der Waals surface area contributed by atoms with Crippen molar-refractivity contribution >= 4 is 31.6 Å². The molecule has 0 aromatic heterocycles. The topological polar surface area (TPSA) is 92.9 Å². The number of nitrogens with zero attached hydrogens (tertiary/aromatic N) is 1. The molecule has 6 nitrogen and oxygen atoms in total. The fourth-order valence-corrected chi connectivity index (χ4v) is 4.57. The molecule has 112 valence electrons. The van der Waals surface area contributed by atoms with Gasteiger partial charge in [0.15, 0.2) is 0 Å². The predicted octanol–water partition coefficient (Wildman–Crippen LogP) is 0.552. The van der Waals surface area contributed by atoms with Gasteiger partial charge in [0.2, 0.25) is 10.0 Å². The number of hydrogen-bond donors (Lipinski definition) is 2. The van der Waals surface area contributed by atoms with Gasteiger partial charge in [-0.15, -0.1) is 0 Å². The van der Waals surface area contributed by atoms with Crippen molar-refractivity contribution in [2.24, 2.45) is 0 Å². The normalized spacial score (nSPS) is 21.1. The Morgan fingerprint density at radius 2 is 2.25 bits per heavy atom. The summed E-state index contributed by atoms with van der Waals surface area (Å²) in [5.41, 5.74) is 5.18. The largest absolute Gasteiger partial charge is 0.396 e. The van der Waals surface area contributed by atoms with E-state index in [1.807, 2.05) is 0 Å². The van der Waals surface area contributed by atoms with Crippen molar-refractivity contribution in [3.8, 4) is 0 Å². The van der Waals surface area contributed by atoms with Crippen molar-refractivity contribution in [3.63, 3.8) is 0 Å². The SMILES string of the molecule is Nc1cc(S(=O)(=O)N2CCOCC2CO)c(Br)cc1F. The molecule has 2 rings (SSSR count). The minimum absolute atomic E-state index is 0.0902. The summed E-state index contributed by atoms with van der Waals surface area (Å²) in [7, 11) is -3.89. The summed E-state index contributed by atoms with van der Waals surface area (Å²) in [5.74, 6) is -0.698. The van der Waals surface area contributed by atoms with Gasteiger partial charge in [0, 0.05) is 11.0 Å². The highest BCUT2D eigenvalue weighted by molar-refractivity contribution is 9.10. The van der Waals surface area contributed by atoms with E-state index >= 15 is 0 Å². The molecule has 1 saturated heterocycles. The molecule has 0 radical (unpaired) electrons. The maximum Gasteiger partial charge on any atom is 0.244 e. The van der Waals surface area contributed by atoms with E-state index < -0.39 is 21.9 Å². The van der Waals surface area contributed by atoms with Crippen LogP contribution in [0.4, 0.5) is 10.1 Å². The smallest absolute Gasteiger partial charge is 0.244 e. The van der Waals surface area contributed by atoms with Gasteiger partial charge in [0.25, 0.3) is 0 Å². The molecule has 1 fully saturated rings. The molecule has 1 aliphatic heterocycles. The highest BCUT2D eigenvalue weighted by atomic mass is 79.9. The molecule has 9 heteroatoms. The van der Waals surface area contributed by atoms with Crippen LogP contribution >= 0.6 is 15.9 Å². The van der Waals surface area contributed by atoms with Crippen LogP contribution in [0.2, 0.25) is 0 Å². The molecule has 0 aliphatic carbocycles. The monoisotopic (exact) mass is 368 g/mol. The van der Waals surface area contributed by atoms with Gasteiger partial charge in [0.1, 0.15) is 5.82 Å². The molecular weight excluding hydrogens is 355 g/mol. The Hall–Kier alpha value is -0.740. The first-order valence-corrected chi connectivity index (χ1v) is 8.06. The van der Waals surface area contributed by atoms with E-state index in [0.717, 1.165) is 16.4 Å². The van der Waals surface area contributed by atoms with Crippen LogP contribution < -0.4 is 5.73 Å². The number of aliphatic hydroxyl groups is 1. The summed E-state index contributed by atoms with van der Waals surface area (Å²) in [6.07, 6.45) is 0. The van der Waals surface area contributed by atoms with Crippen molar-refractivity contribution in [3.05, 3.63) is 22.4 Å². The average molecular weight is 369 g/mol. The van der Waals surface area contributed by atoms with Crippen LogP contribution in [0.25, 0.3) is 0 Å². The highest BCUT2D eigenvalue weighted by Gasteiger charge is 2.35. The third-order valence-corrected chi connectivity index (χ3v) is 5.93.